The van der Waals surface area contributed by atoms with Crippen LogP contribution in [-0.4, -0.2) is 29.4 Å². The molecule has 5 rings (SSSR count). The lowest BCUT2D eigenvalue weighted by molar-refractivity contribution is -0.384. The molecule has 4 aliphatic carbocycles. The molecule has 4 fully saturated rings. The van der Waals surface area contributed by atoms with Crippen molar-refractivity contribution in [2.24, 2.45) is 23.2 Å². The number of benzene rings is 1. The Hall–Kier alpha value is -2.44. The van der Waals surface area contributed by atoms with Crippen molar-refractivity contribution in [2.75, 3.05) is 6.61 Å². The van der Waals surface area contributed by atoms with Crippen LogP contribution in [0.3, 0.4) is 0 Å². The summed E-state index contributed by atoms with van der Waals surface area (Å²) in [6, 6.07) is 5.37. The molecule has 0 spiro atoms. The molecule has 4 saturated carbocycles. The van der Waals surface area contributed by atoms with E-state index >= 15 is 0 Å². The fourth-order valence-electron chi connectivity index (χ4n) is 6.11. The van der Waals surface area contributed by atoms with Gasteiger partial charge in [-0.25, -0.2) is 4.79 Å². The van der Waals surface area contributed by atoms with Gasteiger partial charge >= 0.3 is 5.97 Å². The molecule has 4 bridgehead atoms. The molecule has 150 valence electrons. The molecule has 7 nitrogen and oxygen atoms in total. The molecule has 7 heteroatoms. The summed E-state index contributed by atoms with van der Waals surface area (Å²) in [5.74, 6) is 1.36. The molecule has 4 aliphatic rings. The van der Waals surface area contributed by atoms with Crippen molar-refractivity contribution in [1.29, 1.82) is 0 Å². The molecule has 1 N–H and O–H groups in total. The molecule has 0 aliphatic heterocycles. The van der Waals surface area contributed by atoms with Crippen LogP contribution < -0.4 is 5.32 Å². The summed E-state index contributed by atoms with van der Waals surface area (Å²) < 4.78 is 5.07. The number of nitro groups is 1. The average Bonchev–Trinajstić information content (AvgIpc) is 2.65. The Morgan fingerprint density at radius 3 is 2.39 bits per heavy atom. The summed E-state index contributed by atoms with van der Waals surface area (Å²) in [5, 5.41) is 13.9. The minimum absolute atomic E-state index is 0.0601. The number of nitrogens with zero attached hydrogens (tertiary/aromatic N) is 1. The summed E-state index contributed by atoms with van der Waals surface area (Å²) >= 11 is 0. The number of amides is 1. The van der Waals surface area contributed by atoms with Gasteiger partial charge in [-0.3, -0.25) is 14.9 Å². The van der Waals surface area contributed by atoms with E-state index in [0.717, 1.165) is 23.8 Å². The molecule has 1 aromatic rings. The normalized spacial score (nSPS) is 31.2. The van der Waals surface area contributed by atoms with Crippen LogP contribution in [0, 0.1) is 33.3 Å². The molecule has 1 amide bonds. The first-order valence-electron chi connectivity index (χ1n) is 10.1. The predicted molar refractivity (Wildman–Crippen MR) is 102 cm³/mol. The van der Waals surface area contributed by atoms with Crippen molar-refractivity contribution in [1.82, 2.24) is 5.32 Å². The van der Waals surface area contributed by atoms with E-state index in [1.807, 2.05) is 0 Å². The largest absolute Gasteiger partial charge is 0.452 e. The number of non-ortho nitro benzene ring substituents is 1. The zero-order chi connectivity index (χ0) is 19.9. The summed E-state index contributed by atoms with van der Waals surface area (Å²) in [5.41, 5.74) is 0.0690. The second-order valence-corrected chi connectivity index (χ2v) is 8.95. The van der Waals surface area contributed by atoms with E-state index in [0.29, 0.717) is 0 Å². The minimum atomic E-state index is -0.735. The highest BCUT2D eigenvalue weighted by Crippen LogP contribution is 2.61. The SMILES string of the molecule is C[C@H](NC(=O)COC(=O)c1cccc([N+](=O)[O-])c1)C12CC3CC(CC(C3)C1)C2. The Kier molecular flexibility index (Phi) is 4.85. The lowest BCUT2D eigenvalue weighted by atomic mass is 9.48. The van der Waals surface area contributed by atoms with Crippen LogP contribution in [0.1, 0.15) is 55.8 Å². The van der Waals surface area contributed by atoms with Crippen LogP contribution in [0.15, 0.2) is 24.3 Å². The summed E-state index contributed by atoms with van der Waals surface area (Å²) in [4.78, 5) is 34.7. The van der Waals surface area contributed by atoms with Crippen LogP contribution in [-0.2, 0) is 9.53 Å². The number of esters is 1. The van der Waals surface area contributed by atoms with Crippen LogP contribution in [0.2, 0.25) is 0 Å². The highest BCUT2D eigenvalue weighted by atomic mass is 16.6. The molecule has 1 aromatic carbocycles. The smallest absolute Gasteiger partial charge is 0.338 e. The van der Waals surface area contributed by atoms with Crippen LogP contribution in [0.25, 0.3) is 0 Å². The average molecular weight is 386 g/mol. The van der Waals surface area contributed by atoms with E-state index in [-0.39, 0.29) is 35.2 Å². The van der Waals surface area contributed by atoms with Crippen molar-refractivity contribution in [3.05, 3.63) is 39.9 Å². The number of carbonyl (C=O) groups excluding carboxylic acids is 2. The lowest BCUT2D eigenvalue weighted by Crippen LogP contribution is -2.56. The standard InChI is InChI=1S/C21H26N2O5/c1-13(21-9-14-5-15(10-21)7-16(6-14)11-21)22-19(24)12-28-20(25)17-3-2-4-18(8-17)23(26)27/h2-4,8,13-16H,5-7,9-12H2,1H3,(H,22,24)/t13-,14?,15?,16?,21?/m0/s1. The van der Waals surface area contributed by atoms with Gasteiger partial charge in [0.1, 0.15) is 0 Å². The maximum absolute atomic E-state index is 12.4. The van der Waals surface area contributed by atoms with E-state index in [9.17, 15) is 19.7 Å². The molecular weight excluding hydrogens is 360 g/mol. The highest BCUT2D eigenvalue weighted by Gasteiger charge is 2.53. The van der Waals surface area contributed by atoms with E-state index in [1.165, 1.54) is 56.7 Å². The topological polar surface area (TPSA) is 98.5 Å². The molecule has 28 heavy (non-hydrogen) atoms. The van der Waals surface area contributed by atoms with E-state index in [2.05, 4.69) is 12.2 Å². The monoisotopic (exact) mass is 386 g/mol. The van der Waals surface area contributed by atoms with Gasteiger partial charge in [0.15, 0.2) is 6.61 Å². The van der Waals surface area contributed by atoms with Crippen molar-refractivity contribution in [3.8, 4) is 0 Å². The van der Waals surface area contributed by atoms with Gasteiger partial charge in [-0.2, -0.15) is 0 Å². The van der Waals surface area contributed by atoms with E-state index < -0.39 is 10.9 Å². The number of hydrogen-bond acceptors (Lipinski definition) is 5. The van der Waals surface area contributed by atoms with Crippen LogP contribution in [0.5, 0.6) is 0 Å². The second kappa shape index (κ2) is 7.18. The molecule has 0 aromatic heterocycles. The molecular formula is C21H26N2O5. The number of hydrogen-bond donors (Lipinski definition) is 1. The van der Waals surface area contributed by atoms with Crippen molar-refractivity contribution in [3.63, 3.8) is 0 Å². The van der Waals surface area contributed by atoms with Crippen molar-refractivity contribution in [2.45, 2.75) is 51.5 Å². The van der Waals surface area contributed by atoms with Crippen molar-refractivity contribution < 1.29 is 19.2 Å². The Labute approximate surface area is 164 Å². The van der Waals surface area contributed by atoms with Gasteiger partial charge in [0, 0.05) is 18.2 Å². The van der Waals surface area contributed by atoms with Gasteiger partial charge in [0.2, 0.25) is 0 Å². The number of rotatable bonds is 6. The highest BCUT2D eigenvalue weighted by molar-refractivity contribution is 5.91. The third kappa shape index (κ3) is 3.62. The first-order valence-corrected chi connectivity index (χ1v) is 10.1. The molecule has 0 saturated heterocycles. The molecule has 1 atom stereocenters. The third-order valence-electron chi connectivity index (χ3n) is 7.01. The molecule has 0 radical (unpaired) electrons. The number of nitro benzene ring substituents is 1. The summed E-state index contributed by atoms with van der Waals surface area (Å²) in [6.07, 6.45) is 7.61. The Balaban J connectivity index is 1.32. The first kappa shape index (κ1) is 18.9. The Bertz CT molecular complexity index is 770. The minimum Gasteiger partial charge on any atom is -0.452 e. The summed E-state index contributed by atoms with van der Waals surface area (Å²) in [7, 11) is 0. The van der Waals surface area contributed by atoms with E-state index in [1.54, 1.807) is 0 Å². The van der Waals surface area contributed by atoms with Crippen LogP contribution >= 0.6 is 0 Å². The van der Waals surface area contributed by atoms with E-state index in [4.69, 9.17) is 4.74 Å². The zero-order valence-corrected chi connectivity index (χ0v) is 16.1. The lowest BCUT2D eigenvalue weighted by Gasteiger charge is -2.59. The quantitative estimate of drug-likeness (QED) is 0.458. The first-order chi connectivity index (χ1) is 13.3. The fourth-order valence-corrected chi connectivity index (χ4v) is 6.11. The Morgan fingerprint density at radius 1 is 1.21 bits per heavy atom. The Morgan fingerprint density at radius 2 is 1.82 bits per heavy atom. The predicted octanol–water partition coefficient (Wildman–Crippen LogP) is 3.47. The van der Waals surface area contributed by atoms with Gasteiger partial charge in [0.25, 0.3) is 11.6 Å². The zero-order valence-electron chi connectivity index (χ0n) is 16.1. The fraction of sp³-hybridized carbons (Fsp3) is 0.619. The number of carbonyl (C=O) groups is 2. The maximum Gasteiger partial charge on any atom is 0.338 e. The maximum atomic E-state index is 12.4. The number of ether oxygens (including phenoxy) is 1. The number of nitrogens with one attached hydrogen (secondary N) is 1. The summed E-state index contributed by atoms with van der Waals surface area (Å²) in [6.45, 7) is 1.70. The molecule has 0 unspecified atom stereocenters. The molecule has 0 heterocycles. The van der Waals surface area contributed by atoms with Gasteiger partial charge in [-0.05, 0) is 74.7 Å². The van der Waals surface area contributed by atoms with Gasteiger partial charge < -0.3 is 10.1 Å². The van der Waals surface area contributed by atoms with Crippen LogP contribution in [0.4, 0.5) is 5.69 Å². The van der Waals surface area contributed by atoms with Crippen molar-refractivity contribution >= 4 is 17.6 Å². The third-order valence-corrected chi connectivity index (χ3v) is 7.01. The second-order valence-electron chi connectivity index (χ2n) is 8.95. The van der Waals surface area contributed by atoms with Gasteiger partial charge in [-0.1, -0.05) is 6.07 Å². The van der Waals surface area contributed by atoms with Gasteiger partial charge in [-0.15, -0.1) is 0 Å². The van der Waals surface area contributed by atoms with Gasteiger partial charge in [0.05, 0.1) is 10.5 Å².